The van der Waals surface area contributed by atoms with Crippen LogP contribution in [-0.4, -0.2) is 13.7 Å². The quantitative estimate of drug-likeness (QED) is 0.726. The Morgan fingerprint density at radius 3 is 2.36 bits per heavy atom. The summed E-state index contributed by atoms with van der Waals surface area (Å²) in [5.74, 6) is 0. The molecule has 0 amide bonds. The molecule has 74 valence electrons. The van der Waals surface area contributed by atoms with Crippen LogP contribution in [0.25, 0.3) is 0 Å². The number of benzene rings is 1. The predicted octanol–water partition coefficient (Wildman–Crippen LogP) is 2.44. The molecule has 1 saturated heterocycles. The summed E-state index contributed by atoms with van der Waals surface area (Å²) in [6.07, 6.45) is 0. The van der Waals surface area contributed by atoms with Gasteiger partial charge in [0.1, 0.15) is 0 Å². The highest BCUT2D eigenvalue weighted by atomic mass is 32.2. The van der Waals surface area contributed by atoms with Crippen molar-refractivity contribution in [2.75, 3.05) is 0 Å². The van der Waals surface area contributed by atoms with E-state index in [9.17, 15) is 8.42 Å². The van der Waals surface area contributed by atoms with Gasteiger partial charge in [-0.1, -0.05) is 18.2 Å². The molecule has 0 bridgehead atoms. The maximum absolute atomic E-state index is 11.7. The average Bonchev–Trinajstić information content (AvgIpc) is 2.82. The van der Waals surface area contributed by atoms with Crippen LogP contribution in [0, 0.1) is 0 Å². The van der Waals surface area contributed by atoms with Gasteiger partial charge in [0, 0.05) is 15.6 Å². The van der Waals surface area contributed by atoms with Crippen molar-refractivity contribution in [3.63, 3.8) is 0 Å². The smallest absolute Gasteiger partial charge is 0.200 e. The van der Waals surface area contributed by atoms with Crippen molar-refractivity contribution in [2.24, 2.45) is 0 Å². The van der Waals surface area contributed by atoms with Crippen molar-refractivity contribution >= 4 is 21.6 Å². The largest absolute Gasteiger partial charge is 0.219 e. The first-order valence-corrected chi connectivity index (χ1v) is 6.70. The van der Waals surface area contributed by atoms with E-state index in [-0.39, 0.29) is 0 Å². The Balaban J connectivity index is 2.35. The fourth-order valence-corrected chi connectivity index (χ4v) is 3.40. The lowest BCUT2D eigenvalue weighted by molar-refractivity contribution is 0.604. The van der Waals surface area contributed by atoms with Gasteiger partial charge >= 0.3 is 0 Å². The second-order valence-electron chi connectivity index (χ2n) is 3.14. The first-order chi connectivity index (χ1) is 6.59. The monoisotopic (exact) mass is 226 g/mol. The summed E-state index contributed by atoms with van der Waals surface area (Å²) in [6, 6.07) is 8.50. The normalized spacial score (nSPS) is 23.8. The molecule has 2 rings (SSSR count). The first kappa shape index (κ1) is 9.80. The second-order valence-corrected chi connectivity index (χ2v) is 6.35. The molecule has 1 aromatic rings. The third-order valence-corrected chi connectivity index (χ3v) is 4.74. The lowest BCUT2D eigenvalue weighted by Gasteiger charge is -1.96. The summed E-state index contributed by atoms with van der Waals surface area (Å²) in [6.45, 7) is 2.00. The van der Waals surface area contributed by atoms with Gasteiger partial charge in [-0.15, -0.1) is 11.8 Å². The van der Waals surface area contributed by atoms with Crippen LogP contribution in [0.1, 0.15) is 6.92 Å². The molecule has 0 spiro atoms. The second kappa shape index (κ2) is 3.44. The van der Waals surface area contributed by atoms with Crippen LogP contribution in [0.5, 0.6) is 0 Å². The number of thioether (sulfide) groups is 1. The summed E-state index contributed by atoms with van der Waals surface area (Å²) in [5.41, 5.74) is 0. The fraction of sp³-hybridized carbons (Fsp3) is 0.200. The van der Waals surface area contributed by atoms with E-state index in [2.05, 4.69) is 0 Å². The van der Waals surface area contributed by atoms with E-state index in [1.807, 2.05) is 6.92 Å². The van der Waals surface area contributed by atoms with Crippen molar-refractivity contribution in [3.05, 3.63) is 40.6 Å². The molecule has 1 unspecified atom stereocenters. The van der Waals surface area contributed by atoms with Gasteiger partial charge in [-0.3, -0.25) is 0 Å². The summed E-state index contributed by atoms with van der Waals surface area (Å²) in [5, 5.41) is 1.74. The minimum atomic E-state index is -3.21. The van der Waals surface area contributed by atoms with Gasteiger partial charge in [0.05, 0.1) is 4.90 Å². The maximum Gasteiger partial charge on any atom is 0.200 e. The highest BCUT2D eigenvalue weighted by Crippen LogP contribution is 2.46. The summed E-state index contributed by atoms with van der Waals surface area (Å²) < 4.78 is 23.5. The van der Waals surface area contributed by atoms with E-state index in [0.29, 0.717) is 10.1 Å². The molecule has 1 atom stereocenters. The molecule has 1 fully saturated rings. The molecule has 0 N–H and O–H groups in total. The first-order valence-electron chi connectivity index (χ1n) is 4.28. The minimum Gasteiger partial charge on any atom is -0.219 e. The lowest BCUT2D eigenvalue weighted by atomic mass is 10.4. The van der Waals surface area contributed by atoms with E-state index in [1.54, 1.807) is 42.1 Å². The Hall–Kier alpha value is -0.740. The average molecular weight is 226 g/mol. The number of hydrogen-bond donors (Lipinski definition) is 0. The van der Waals surface area contributed by atoms with E-state index in [1.165, 1.54) is 5.41 Å². The number of hydrogen-bond acceptors (Lipinski definition) is 3. The lowest BCUT2D eigenvalue weighted by Crippen LogP contribution is -1.95. The molecule has 14 heavy (non-hydrogen) atoms. The summed E-state index contributed by atoms with van der Waals surface area (Å²) >= 11 is 1.59. The molecule has 0 radical (unpaired) electrons. The van der Waals surface area contributed by atoms with Crippen LogP contribution in [0.3, 0.4) is 0 Å². The highest BCUT2D eigenvalue weighted by Gasteiger charge is 2.28. The Morgan fingerprint density at radius 1 is 1.29 bits per heavy atom. The van der Waals surface area contributed by atoms with Crippen LogP contribution in [-0.2, 0) is 9.84 Å². The van der Waals surface area contributed by atoms with Gasteiger partial charge < -0.3 is 0 Å². The van der Waals surface area contributed by atoms with Gasteiger partial charge in [-0.25, -0.2) is 8.42 Å². The third kappa shape index (κ3) is 2.01. The molecule has 1 aromatic carbocycles. The number of rotatable bonds is 2. The van der Waals surface area contributed by atoms with Crippen molar-refractivity contribution in [3.8, 4) is 0 Å². The van der Waals surface area contributed by atoms with Crippen LogP contribution in [0.2, 0.25) is 0 Å². The summed E-state index contributed by atoms with van der Waals surface area (Å²) in [4.78, 5) is 1.32. The SMILES string of the molecule is CC1S/C1=C/S(=O)(=O)c1ccccc1. The number of sulfone groups is 1. The van der Waals surface area contributed by atoms with Gasteiger partial charge in [0.2, 0.25) is 9.84 Å². The molecule has 0 saturated carbocycles. The highest BCUT2D eigenvalue weighted by molar-refractivity contribution is 8.12. The summed E-state index contributed by atoms with van der Waals surface area (Å²) in [7, 11) is -3.21. The van der Waals surface area contributed by atoms with Crippen LogP contribution >= 0.6 is 11.8 Å². The Kier molecular flexibility index (Phi) is 2.41. The minimum absolute atomic E-state index is 0.368. The zero-order valence-electron chi connectivity index (χ0n) is 7.67. The van der Waals surface area contributed by atoms with Crippen LogP contribution < -0.4 is 0 Å². The molecular weight excluding hydrogens is 216 g/mol. The van der Waals surface area contributed by atoms with Gasteiger partial charge in [-0.05, 0) is 19.1 Å². The Morgan fingerprint density at radius 2 is 1.86 bits per heavy atom. The molecule has 0 aromatic heterocycles. The van der Waals surface area contributed by atoms with Crippen molar-refractivity contribution in [2.45, 2.75) is 17.1 Å². The topological polar surface area (TPSA) is 34.1 Å². The molecule has 2 nitrogen and oxygen atoms in total. The van der Waals surface area contributed by atoms with Crippen molar-refractivity contribution in [1.82, 2.24) is 0 Å². The third-order valence-electron chi connectivity index (χ3n) is 2.00. The molecular formula is C10H10O2S2. The molecule has 1 aliphatic heterocycles. The predicted molar refractivity (Wildman–Crippen MR) is 58.8 cm³/mol. The van der Waals surface area contributed by atoms with Crippen molar-refractivity contribution < 1.29 is 8.42 Å². The Bertz CT molecular complexity index is 460. The van der Waals surface area contributed by atoms with Gasteiger partial charge in [0.25, 0.3) is 0 Å². The van der Waals surface area contributed by atoms with Crippen LogP contribution in [0.15, 0.2) is 45.5 Å². The van der Waals surface area contributed by atoms with E-state index < -0.39 is 9.84 Å². The van der Waals surface area contributed by atoms with E-state index in [4.69, 9.17) is 0 Å². The maximum atomic E-state index is 11.7. The molecule has 0 aliphatic carbocycles. The zero-order valence-corrected chi connectivity index (χ0v) is 9.31. The van der Waals surface area contributed by atoms with Gasteiger partial charge in [0.15, 0.2) is 0 Å². The van der Waals surface area contributed by atoms with Crippen LogP contribution in [0.4, 0.5) is 0 Å². The molecule has 1 heterocycles. The van der Waals surface area contributed by atoms with E-state index in [0.717, 1.165) is 4.91 Å². The van der Waals surface area contributed by atoms with Gasteiger partial charge in [-0.2, -0.15) is 0 Å². The van der Waals surface area contributed by atoms with Crippen molar-refractivity contribution in [1.29, 1.82) is 0 Å². The Labute approximate surface area is 87.9 Å². The molecule has 1 aliphatic rings. The van der Waals surface area contributed by atoms with E-state index >= 15 is 0 Å². The fourth-order valence-electron chi connectivity index (χ4n) is 1.12. The zero-order chi connectivity index (χ0) is 10.2. The molecule has 4 heteroatoms. The standard InChI is InChI=1S/C10H10O2S2/c1-8-10(13-8)7-14(11,12)9-5-3-2-4-6-9/h2-8H,1H3/b10-7+.